The molecule has 4 heteroatoms. The largest absolute Gasteiger partial charge is 0.271 e. The fourth-order valence-corrected chi connectivity index (χ4v) is 1.85. The highest BCUT2D eigenvalue weighted by molar-refractivity contribution is 9.10. The molecule has 0 spiro atoms. The Labute approximate surface area is 92.2 Å². The van der Waals surface area contributed by atoms with E-state index in [-0.39, 0.29) is 0 Å². The number of halogens is 1. The maximum Gasteiger partial charge on any atom is 0.0420 e. The van der Waals surface area contributed by atoms with Gasteiger partial charge >= 0.3 is 0 Å². The average molecular weight is 256 g/mol. The summed E-state index contributed by atoms with van der Waals surface area (Å²) in [6.45, 7) is 0. The fraction of sp³-hybridized carbons (Fsp3) is 0.500. The van der Waals surface area contributed by atoms with E-state index in [1.54, 1.807) is 0 Å². The monoisotopic (exact) mass is 255 g/mol. The molecule has 1 aliphatic rings. The summed E-state index contributed by atoms with van der Waals surface area (Å²) in [7, 11) is 0. The molecule has 0 bridgehead atoms. The summed E-state index contributed by atoms with van der Waals surface area (Å²) < 4.78 is 1.02. The third-order valence-electron chi connectivity index (χ3n) is 2.62. The van der Waals surface area contributed by atoms with Crippen LogP contribution in [0.25, 0.3) is 0 Å². The molecule has 0 radical (unpaired) electrons. The Balaban J connectivity index is 1.98. The summed E-state index contributed by atoms with van der Waals surface area (Å²) in [6.07, 6.45) is 5.35. The van der Waals surface area contributed by atoms with Gasteiger partial charge in [0.25, 0.3) is 0 Å². The van der Waals surface area contributed by atoms with Gasteiger partial charge in [-0.05, 0) is 46.8 Å². The Morgan fingerprint density at radius 1 is 1.57 bits per heavy atom. The summed E-state index contributed by atoms with van der Waals surface area (Å²) in [5, 5.41) is 0. The predicted molar refractivity (Wildman–Crippen MR) is 59.5 cm³/mol. The van der Waals surface area contributed by atoms with Crippen molar-refractivity contribution in [3.8, 4) is 0 Å². The Morgan fingerprint density at radius 2 is 2.36 bits per heavy atom. The van der Waals surface area contributed by atoms with E-state index < -0.39 is 0 Å². The minimum Gasteiger partial charge on any atom is -0.271 e. The summed E-state index contributed by atoms with van der Waals surface area (Å²) >= 11 is 3.37. The lowest BCUT2D eigenvalue weighted by molar-refractivity contribution is 0.468. The second kappa shape index (κ2) is 4.38. The lowest BCUT2D eigenvalue weighted by Crippen LogP contribution is -2.38. The van der Waals surface area contributed by atoms with E-state index in [9.17, 15) is 0 Å². The average Bonchev–Trinajstić information content (AvgIpc) is 3.01. The standard InChI is InChI=1S/C10H14BrN3/c11-8-3-4-9(13-6-8)5-10(14-12)7-1-2-7/h3-4,6-7,10,14H,1-2,5,12H2. The molecule has 0 saturated heterocycles. The van der Waals surface area contributed by atoms with Gasteiger partial charge in [-0.2, -0.15) is 0 Å². The van der Waals surface area contributed by atoms with Gasteiger partial charge in [0.15, 0.2) is 0 Å². The first-order valence-electron chi connectivity index (χ1n) is 4.86. The summed E-state index contributed by atoms with van der Waals surface area (Å²) in [4.78, 5) is 4.33. The molecular formula is C10H14BrN3. The molecule has 14 heavy (non-hydrogen) atoms. The van der Waals surface area contributed by atoms with Crippen molar-refractivity contribution in [3.63, 3.8) is 0 Å². The molecule has 1 fully saturated rings. The number of nitrogens with two attached hydrogens (primary N) is 1. The molecule has 2 rings (SSSR count). The van der Waals surface area contributed by atoms with Gasteiger partial charge in [-0.25, -0.2) is 0 Å². The van der Waals surface area contributed by atoms with Gasteiger partial charge in [-0.3, -0.25) is 16.3 Å². The van der Waals surface area contributed by atoms with Gasteiger partial charge in [0.2, 0.25) is 0 Å². The summed E-state index contributed by atoms with van der Waals surface area (Å²) in [5.74, 6) is 6.26. The zero-order valence-electron chi connectivity index (χ0n) is 7.91. The molecule has 0 aromatic carbocycles. The molecule has 76 valence electrons. The van der Waals surface area contributed by atoms with E-state index >= 15 is 0 Å². The molecule has 1 heterocycles. The minimum atomic E-state index is 0.392. The van der Waals surface area contributed by atoms with Crippen LogP contribution in [0.5, 0.6) is 0 Å². The molecule has 1 aromatic heterocycles. The van der Waals surface area contributed by atoms with Crippen molar-refractivity contribution in [3.05, 3.63) is 28.5 Å². The molecular weight excluding hydrogens is 242 g/mol. The molecule has 3 N–H and O–H groups in total. The highest BCUT2D eigenvalue weighted by atomic mass is 79.9. The van der Waals surface area contributed by atoms with Crippen LogP contribution in [0, 0.1) is 5.92 Å². The van der Waals surface area contributed by atoms with Crippen LogP contribution in [0.1, 0.15) is 18.5 Å². The first-order chi connectivity index (χ1) is 6.79. The van der Waals surface area contributed by atoms with Gasteiger partial charge in [-0.15, -0.1) is 0 Å². The zero-order valence-corrected chi connectivity index (χ0v) is 9.50. The maximum atomic E-state index is 5.50. The van der Waals surface area contributed by atoms with Gasteiger partial charge < -0.3 is 0 Å². The number of pyridine rings is 1. The smallest absolute Gasteiger partial charge is 0.0420 e. The van der Waals surface area contributed by atoms with Crippen LogP contribution in [0.2, 0.25) is 0 Å². The fourth-order valence-electron chi connectivity index (χ4n) is 1.61. The summed E-state index contributed by atoms with van der Waals surface area (Å²) in [5.41, 5.74) is 3.98. The van der Waals surface area contributed by atoms with Gasteiger partial charge in [0.05, 0.1) is 0 Å². The van der Waals surface area contributed by atoms with Crippen LogP contribution < -0.4 is 11.3 Å². The minimum absolute atomic E-state index is 0.392. The lowest BCUT2D eigenvalue weighted by Gasteiger charge is -2.13. The van der Waals surface area contributed by atoms with E-state index in [1.807, 2.05) is 18.3 Å². The molecule has 1 aliphatic carbocycles. The first kappa shape index (κ1) is 10.1. The predicted octanol–water partition coefficient (Wildman–Crippen LogP) is 1.63. The quantitative estimate of drug-likeness (QED) is 0.636. The molecule has 1 atom stereocenters. The number of nitrogens with zero attached hydrogens (tertiary/aromatic N) is 1. The van der Waals surface area contributed by atoms with Crippen molar-refractivity contribution in [1.29, 1.82) is 0 Å². The highest BCUT2D eigenvalue weighted by Crippen LogP contribution is 2.33. The molecule has 1 saturated carbocycles. The zero-order chi connectivity index (χ0) is 9.97. The van der Waals surface area contributed by atoms with Crippen LogP contribution in [0.3, 0.4) is 0 Å². The third-order valence-corrected chi connectivity index (χ3v) is 3.09. The highest BCUT2D eigenvalue weighted by Gasteiger charge is 2.30. The van der Waals surface area contributed by atoms with E-state index in [4.69, 9.17) is 5.84 Å². The molecule has 1 aromatic rings. The Kier molecular flexibility index (Phi) is 3.15. The van der Waals surface area contributed by atoms with Crippen LogP contribution in [-0.4, -0.2) is 11.0 Å². The Bertz CT molecular complexity index is 295. The van der Waals surface area contributed by atoms with Crippen molar-refractivity contribution < 1.29 is 0 Å². The van der Waals surface area contributed by atoms with Crippen molar-refractivity contribution >= 4 is 15.9 Å². The number of nitrogens with one attached hydrogen (secondary N) is 1. The molecule has 1 unspecified atom stereocenters. The van der Waals surface area contributed by atoms with Crippen LogP contribution in [0.4, 0.5) is 0 Å². The Hall–Kier alpha value is -0.450. The van der Waals surface area contributed by atoms with E-state index in [2.05, 4.69) is 26.3 Å². The number of rotatable bonds is 4. The number of aromatic nitrogens is 1. The van der Waals surface area contributed by atoms with Crippen molar-refractivity contribution in [2.24, 2.45) is 11.8 Å². The topological polar surface area (TPSA) is 50.9 Å². The number of hydrogen-bond acceptors (Lipinski definition) is 3. The normalized spacial score (nSPS) is 18.1. The lowest BCUT2D eigenvalue weighted by atomic mass is 10.1. The first-order valence-corrected chi connectivity index (χ1v) is 5.65. The van der Waals surface area contributed by atoms with Gasteiger partial charge in [-0.1, -0.05) is 0 Å². The van der Waals surface area contributed by atoms with E-state index in [1.165, 1.54) is 12.8 Å². The van der Waals surface area contributed by atoms with Gasteiger partial charge in [0.1, 0.15) is 0 Å². The van der Waals surface area contributed by atoms with Gasteiger partial charge in [0, 0.05) is 28.8 Å². The van der Waals surface area contributed by atoms with E-state index in [0.29, 0.717) is 6.04 Å². The van der Waals surface area contributed by atoms with Crippen LogP contribution in [0.15, 0.2) is 22.8 Å². The van der Waals surface area contributed by atoms with Crippen LogP contribution >= 0.6 is 15.9 Å². The maximum absolute atomic E-state index is 5.50. The van der Waals surface area contributed by atoms with E-state index in [0.717, 1.165) is 22.5 Å². The van der Waals surface area contributed by atoms with Crippen molar-refractivity contribution in [2.45, 2.75) is 25.3 Å². The molecule has 0 aliphatic heterocycles. The van der Waals surface area contributed by atoms with Crippen molar-refractivity contribution in [1.82, 2.24) is 10.4 Å². The van der Waals surface area contributed by atoms with Crippen LogP contribution in [-0.2, 0) is 6.42 Å². The number of hydrazine groups is 1. The summed E-state index contributed by atoms with van der Waals surface area (Å²) in [6, 6.07) is 4.45. The second-order valence-electron chi connectivity index (χ2n) is 3.78. The second-order valence-corrected chi connectivity index (χ2v) is 4.70. The number of hydrogen-bond donors (Lipinski definition) is 2. The Morgan fingerprint density at radius 3 is 2.86 bits per heavy atom. The van der Waals surface area contributed by atoms with Crippen molar-refractivity contribution in [2.75, 3.05) is 0 Å². The molecule has 0 amide bonds. The SMILES string of the molecule is NNC(Cc1ccc(Br)cn1)C1CC1. The molecule has 3 nitrogen and oxygen atoms in total. The third kappa shape index (κ3) is 2.53.